The van der Waals surface area contributed by atoms with E-state index in [-0.39, 0.29) is 11.8 Å². The average Bonchev–Trinajstić information content (AvgIpc) is 2.33. The van der Waals surface area contributed by atoms with Crippen LogP contribution in [0.1, 0.15) is 31.2 Å². The van der Waals surface area contributed by atoms with Gasteiger partial charge in [0.1, 0.15) is 0 Å². The molecule has 2 atom stereocenters. The predicted molar refractivity (Wildman–Crippen MR) is 75.9 cm³/mol. The molecule has 0 saturated heterocycles. The second-order valence-corrected chi connectivity index (χ2v) is 6.25. The van der Waals surface area contributed by atoms with E-state index in [2.05, 4.69) is 15.9 Å². The third-order valence-corrected chi connectivity index (χ3v) is 4.57. The van der Waals surface area contributed by atoms with Gasteiger partial charge in [0, 0.05) is 9.50 Å². The summed E-state index contributed by atoms with van der Waals surface area (Å²) in [5.41, 5.74) is 1.05. The fraction of sp³-hybridized carbons (Fsp3) is 0.500. The van der Waals surface area contributed by atoms with Crippen LogP contribution in [0.3, 0.4) is 0 Å². The minimum Gasteiger partial charge on any atom is -0.481 e. The molecule has 2 rings (SSSR count). The highest BCUT2D eigenvalue weighted by Crippen LogP contribution is 2.34. The minimum absolute atomic E-state index is 0.210. The number of hydrogen-bond donors (Lipinski definition) is 1. The second-order valence-electron chi connectivity index (χ2n) is 4.93. The molecule has 0 heterocycles. The lowest BCUT2D eigenvalue weighted by Crippen LogP contribution is -2.28. The maximum absolute atomic E-state index is 11.3. The Bertz CT molecular complexity index is 447. The van der Waals surface area contributed by atoms with Gasteiger partial charge in [-0.25, -0.2) is 0 Å². The Morgan fingerprint density at radius 1 is 1.39 bits per heavy atom. The van der Waals surface area contributed by atoms with Gasteiger partial charge in [0.2, 0.25) is 0 Å². The highest BCUT2D eigenvalue weighted by molar-refractivity contribution is 9.10. The zero-order chi connectivity index (χ0) is 13.1. The van der Waals surface area contributed by atoms with Gasteiger partial charge in [0.05, 0.1) is 5.92 Å². The van der Waals surface area contributed by atoms with Gasteiger partial charge < -0.3 is 5.11 Å². The molecule has 0 radical (unpaired) electrons. The van der Waals surface area contributed by atoms with Crippen LogP contribution < -0.4 is 0 Å². The molecule has 1 N–H and O–H groups in total. The predicted octanol–water partition coefficient (Wildman–Crippen LogP) is 4.54. The van der Waals surface area contributed by atoms with Crippen LogP contribution in [0.4, 0.5) is 0 Å². The van der Waals surface area contributed by atoms with Crippen LogP contribution in [0.25, 0.3) is 0 Å². The summed E-state index contributed by atoms with van der Waals surface area (Å²) in [4.78, 5) is 11.3. The summed E-state index contributed by atoms with van der Waals surface area (Å²) in [6.07, 6.45) is 4.71. The van der Waals surface area contributed by atoms with E-state index in [4.69, 9.17) is 11.6 Å². The van der Waals surface area contributed by atoms with Gasteiger partial charge in [-0.05, 0) is 42.9 Å². The lowest BCUT2D eigenvalue weighted by atomic mass is 9.76. The molecule has 0 aromatic heterocycles. The van der Waals surface area contributed by atoms with Crippen molar-refractivity contribution < 1.29 is 9.90 Å². The summed E-state index contributed by atoms with van der Waals surface area (Å²) in [6.45, 7) is 0. The number of carboxylic acids is 1. The number of rotatable bonds is 3. The van der Waals surface area contributed by atoms with Gasteiger partial charge in [-0.3, -0.25) is 4.79 Å². The molecule has 4 heteroatoms. The lowest BCUT2D eigenvalue weighted by molar-refractivity contribution is -0.144. The monoisotopic (exact) mass is 330 g/mol. The lowest BCUT2D eigenvalue weighted by Gasteiger charge is -2.28. The van der Waals surface area contributed by atoms with Crippen molar-refractivity contribution >= 4 is 33.5 Å². The van der Waals surface area contributed by atoms with Crippen molar-refractivity contribution in [3.8, 4) is 0 Å². The minimum atomic E-state index is -0.659. The highest BCUT2D eigenvalue weighted by atomic mass is 79.9. The summed E-state index contributed by atoms with van der Waals surface area (Å²) >= 11 is 9.58. The molecular formula is C14H16BrClO2. The van der Waals surface area contributed by atoms with E-state index in [0.29, 0.717) is 0 Å². The van der Waals surface area contributed by atoms with Gasteiger partial charge in [0.25, 0.3) is 0 Å². The number of halogens is 2. The van der Waals surface area contributed by atoms with E-state index in [1.165, 1.54) is 0 Å². The number of benzene rings is 1. The van der Waals surface area contributed by atoms with Crippen LogP contribution in [-0.2, 0) is 11.2 Å². The summed E-state index contributed by atoms with van der Waals surface area (Å²) < 4.78 is 0.953. The van der Waals surface area contributed by atoms with Crippen molar-refractivity contribution in [1.82, 2.24) is 0 Å². The molecule has 2 unspecified atom stereocenters. The van der Waals surface area contributed by atoms with E-state index < -0.39 is 5.97 Å². The number of hydrogen-bond acceptors (Lipinski definition) is 1. The molecule has 1 fully saturated rings. The number of carboxylic acid groups (broad SMARTS) is 1. The molecule has 98 valence electrons. The summed E-state index contributed by atoms with van der Waals surface area (Å²) in [5.74, 6) is -0.652. The first kappa shape index (κ1) is 13.9. The summed E-state index contributed by atoms with van der Waals surface area (Å²) in [6, 6.07) is 5.81. The molecular weight excluding hydrogens is 316 g/mol. The maximum Gasteiger partial charge on any atom is 0.306 e. The number of carbonyl (C=O) groups is 1. The van der Waals surface area contributed by atoms with Crippen LogP contribution in [0, 0.1) is 11.8 Å². The highest BCUT2D eigenvalue weighted by Gasteiger charge is 2.30. The first-order valence-corrected chi connectivity index (χ1v) is 7.41. The summed E-state index contributed by atoms with van der Waals surface area (Å²) in [5, 5.41) is 9.98. The molecule has 0 spiro atoms. The van der Waals surface area contributed by atoms with E-state index in [1.807, 2.05) is 18.2 Å². The fourth-order valence-electron chi connectivity index (χ4n) is 2.75. The Labute approximate surface area is 120 Å². The Morgan fingerprint density at radius 3 is 2.78 bits per heavy atom. The van der Waals surface area contributed by atoms with Crippen LogP contribution in [0.5, 0.6) is 0 Å². The van der Waals surface area contributed by atoms with Crippen molar-refractivity contribution in [2.75, 3.05) is 0 Å². The Balaban J connectivity index is 2.13. The fourth-order valence-corrected chi connectivity index (χ4v) is 3.50. The molecule has 0 aliphatic heterocycles. The van der Waals surface area contributed by atoms with Crippen molar-refractivity contribution in [1.29, 1.82) is 0 Å². The Morgan fingerprint density at radius 2 is 2.11 bits per heavy atom. The third kappa shape index (κ3) is 3.27. The van der Waals surface area contributed by atoms with Crippen LogP contribution in [0.15, 0.2) is 22.7 Å². The van der Waals surface area contributed by atoms with E-state index >= 15 is 0 Å². The van der Waals surface area contributed by atoms with Gasteiger partial charge in [0.15, 0.2) is 0 Å². The standard InChI is InChI=1S/C14H16BrClO2/c15-11-6-5-10(13(16)8-11)7-9-3-1-2-4-12(9)14(17)18/h5-6,8-9,12H,1-4,7H2,(H,17,18). The van der Waals surface area contributed by atoms with Crippen LogP contribution in [-0.4, -0.2) is 11.1 Å². The molecule has 1 aromatic rings. The first-order chi connectivity index (χ1) is 8.58. The smallest absolute Gasteiger partial charge is 0.306 e. The van der Waals surface area contributed by atoms with Crippen LogP contribution in [0.2, 0.25) is 5.02 Å². The molecule has 18 heavy (non-hydrogen) atoms. The average molecular weight is 332 g/mol. The molecule has 0 bridgehead atoms. The van der Waals surface area contributed by atoms with Crippen molar-refractivity contribution in [2.24, 2.45) is 11.8 Å². The molecule has 1 aliphatic rings. The second kappa shape index (κ2) is 6.07. The Kier molecular flexibility index (Phi) is 4.68. The SMILES string of the molecule is O=C(O)C1CCCCC1Cc1ccc(Br)cc1Cl. The summed E-state index contributed by atoms with van der Waals surface area (Å²) in [7, 11) is 0. The quantitative estimate of drug-likeness (QED) is 0.883. The molecule has 0 amide bonds. The van der Waals surface area contributed by atoms with E-state index in [1.54, 1.807) is 0 Å². The topological polar surface area (TPSA) is 37.3 Å². The molecule has 2 nitrogen and oxygen atoms in total. The van der Waals surface area contributed by atoms with E-state index in [9.17, 15) is 9.90 Å². The van der Waals surface area contributed by atoms with E-state index in [0.717, 1.165) is 47.2 Å². The first-order valence-electron chi connectivity index (χ1n) is 6.24. The van der Waals surface area contributed by atoms with Crippen molar-refractivity contribution in [2.45, 2.75) is 32.1 Å². The largest absolute Gasteiger partial charge is 0.481 e. The third-order valence-electron chi connectivity index (χ3n) is 3.72. The zero-order valence-electron chi connectivity index (χ0n) is 10.0. The van der Waals surface area contributed by atoms with Gasteiger partial charge in [-0.15, -0.1) is 0 Å². The van der Waals surface area contributed by atoms with Crippen molar-refractivity contribution in [3.63, 3.8) is 0 Å². The van der Waals surface area contributed by atoms with Gasteiger partial charge >= 0.3 is 5.97 Å². The molecule has 1 saturated carbocycles. The molecule has 1 aliphatic carbocycles. The van der Waals surface area contributed by atoms with Crippen LogP contribution >= 0.6 is 27.5 Å². The Hall–Kier alpha value is -0.540. The van der Waals surface area contributed by atoms with Crippen molar-refractivity contribution in [3.05, 3.63) is 33.3 Å². The van der Waals surface area contributed by atoms with Gasteiger partial charge in [-0.2, -0.15) is 0 Å². The maximum atomic E-state index is 11.3. The normalized spacial score (nSPS) is 23.9. The van der Waals surface area contributed by atoms with Gasteiger partial charge in [-0.1, -0.05) is 46.4 Å². The number of aliphatic carboxylic acids is 1. The molecule has 1 aromatic carbocycles. The zero-order valence-corrected chi connectivity index (χ0v) is 12.4.